The molecule has 3 nitrogen and oxygen atoms in total. The number of rotatable bonds is 1. The molecule has 1 atom stereocenters. The molecule has 0 aromatic heterocycles. The number of hydrogen-bond acceptors (Lipinski definition) is 2. The second-order valence-electron chi connectivity index (χ2n) is 5.15. The zero-order valence-electron chi connectivity index (χ0n) is 11.5. The quantitative estimate of drug-likeness (QED) is 0.797. The summed E-state index contributed by atoms with van der Waals surface area (Å²) in [7, 11) is 0. The van der Waals surface area contributed by atoms with Crippen LogP contribution in [-0.2, 0) is 0 Å². The molecule has 1 aliphatic heterocycles. The van der Waals surface area contributed by atoms with E-state index in [2.05, 4.69) is 18.8 Å². The Morgan fingerprint density at radius 2 is 2.35 bits per heavy atom. The molecule has 1 fully saturated rings. The molecule has 1 N–H and O–H groups in total. The van der Waals surface area contributed by atoms with Crippen LogP contribution in [0.25, 0.3) is 0 Å². The lowest BCUT2D eigenvalue weighted by atomic mass is 9.99. The molecule has 0 bridgehead atoms. The van der Waals surface area contributed by atoms with Gasteiger partial charge in [0.1, 0.15) is 12.4 Å². The lowest BCUT2D eigenvalue weighted by molar-refractivity contribution is 0.0682. The Kier molecular flexibility index (Phi) is 4.75. The van der Waals surface area contributed by atoms with E-state index in [1.165, 1.54) is 12.1 Å². The maximum absolute atomic E-state index is 13.8. The molecule has 0 spiro atoms. The van der Waals surface area contributed by atoms with E-state index in [-0.39, 0.29) is 18.1 Å². The molecule has 1 aromatic rings. The summed E-state index contributed by atoms with van der Waals surface area (Å²) in [6.45, 7) is 3.27. The van der Waals surface area contributed by atoms with Crippen molar-refractivity contribution in [3.63, 3.8) is 0 Å². The highest BCUT2D eigenvalue weighted by Gasteiger charge is 2.22. The van der Waals surface area contributed by atoms with Gasteiger partial charge in [0.15, 0.2) is 0 Å². The van der Waals surface area contributed by atoms with Crippen LogP contribution < -0.4 is 0 Å². The monoisotopic (exact) mass is 275 g/mol. The third-order valence-electron chi connectivity index (χ3n) is 3.46. The van der Waals surface area contributed by atoms with Gasteiger partial charge < -0.3 is 10.0 Å². The van der Waals surface area contributed by atoms with E-state index >= 15 is 0 Å². The highest BCUT2D eigenvalue weighted by Crippen LogP contribution is 2.19. The van der Waals surface area contributed by atoms with Crippen molar-refractivity contribution in [2.24, 2.45) is 5.92 Å². The van der Waals surface area contributed by atoms with Gasteiger partial charge in [-0.05, 0) is 37.0 Å². The number of aliphatic hydroxyl groups is 1. The zero-order chi connectivity index (χ0) is 14.5. The van der Waals surface area contributed by atoms with Crippen molar-refractivity contribution in [1.29, 1.82) is 0 Å². The number of halogens is 1. The van der Waals surface area contributed by atoms with Gasteiger partial charge in [-0.1, -0.05) is 18.8 Å². The summed E-state index contributed by atoms with van der Waals surface area (Å²) in [5.74, 6) is 4.75. The van der Waals surface area contributed by atoms with Gasteiger partial charge in [0, 0.05) is 18.7 Å². The molecule has 1 heterocycles. The van der Waals surface area contributed by atoms with Crippen LogP contribution in [0.4, 0.5) is 4.39 Å². The van der Waals surface area contributed by atoms with E-state index in [0.29, 0.717) is 11.5 Å². The highest BCUT2D eigenvalue weighted by molar-refractivity contribution is 5.94. The van der Waals surface area contributed by atoms with Crippen LogP contribution in [0.3, 0.4) is 0 Å². The van der Waals surface area contributed by atoms with Gasteiger partial charge in [0.25, 0.3) is 5.91 Å². The Morgan fingerprint density at radius 1 is 1.55 bits per heavy atom. The molecule has 0 saturated carbocycles. The Bertz CT molecular complexity index is 559. The van der Waals surface area contributed by atoms with Crippen LogP contribution in [0.1, 0.15) is 35.7 Å². The van der Waals surface area contributed by atoms with Crippen LogP contribution in [0.15, 0.2) is 18.2 Å². The summed E-state index contributed by atoms with van der Waals surface area (Å²) in [5.41, 5.74) is 0.550. The van der Waals surface area contributed by atoms with E-state index in [1.807, 2.05) is 0 Å². The van der Waals surface area contributed by atoms with Crippen molar-refractivity contribution >= 4 is 5.91 Å². The van der Waals surface area contributed by atoms with Crippen molar-refractivity contribution in [2.45, 2.75) is 19.8 Å². The summed E-state index contributed by atoms with van der Waals surface area (Å²) in [4.78, 5) is 14.1. The molecule has 0 aliphatic carbocycles. The van der Waals surface area contributed by atoms with Gasteiger partial charge in [0.2, 0.25) is 0 Å². The van der Waals surface area contributed by atoms with Crippen molar-refractivity contribution in [3.8, 4) is 11.8 Å². The SMILES string of the molecule is CC1CCCN(C(=O)c2ccc(C#CCO)c(F)c2)C1. The van der Waals surface area contributed by atoms with E-state index < -0.39 is 5.82 Å². The van der Waals surface area contributed by atoms with Crippen LogP contribution in [0.5, 0.6) is 0 Å². The molecule has 1 amide bonds. The van der Waals surface area contributed by atoms with Crippen LogP contribution >= 0.6 is 0 Å². The predicted molar refractivity (Wildman–Crippen MR) is 74.7 cm³/mol. The summed E-state index contributed by atoms with van der Waals surface area (Å²) in [6, 6.07) is 4.30. The molecular formula is C16H18FNO2. The number of carbonyl (C=O) groups is 1. The largest absolute Gasteiger partial charge is 0.384 e. The average Bonchev–Trinajstić information content (AvgIpc) is 2.45. The first-order valence-electron chi connectivity index (χ1n) is 6.80. The Morgan fingerprint density at radius 3 is 3.00 bits per heavy atom. The predicted octanol–water partition coefficient (Wildman–Crippen LogP) is 2.04. The second kappa shape index (κ2) is 6.53. The van der Waals surface area contributed by atoms with Crippen molar-refractivity contribution < 1.29 is 14.3 Å². The van der Waals surface area contributed by atoms with Crippen LogP contribution in [-0.4, -0.2) is 35.6 Å². The van der Waals surface area contributed by atoms with Crippen molar-refractivity contribution in [2.75, 3.05) is 19.7 Å². The minimum atomic E-state index is -0.526. The smallest absolute Gasteiger partial charge is 0.253 e. The van der Waals surface area contributed by atoms with E-state index in [9.17, 15) is 9.18 Å². The Hall–Kier alpha value is -1.86. The maximum atomic E-state index is 13.8. The van der Waals surface area contributed by atoms with E-state index in [0.717, 1.165) is 25.9 Å². The molecule has 20 heavy (non-hydrogen) atoms. The lowest BCUT2D eigenvalue weighted by Crippen LogP contribution is -2.39. The number of hydrogen-bond donors (Lipinski definition) is 1. The first-order chi connectivity index (χ1) is 9.61. The molecule has 1 aliphatic rings. The molecule has 1 aromatic carbocycles. The summed E-state index contributed by atoms with van der Waals surface area (Å²) in [5, 5.41) is 8.60. The lowest BCUT2D eigenvalue weighted by Gasteiger charge is -2.31. The van der Waals surface area contributed by atoms with Gasteiger partial charge in [-0.25, -0.2) is 4.39 Å². The number of aliphatic hydroxyl groups excluding tert-OH is 1. The molecular weight excluding hydrogens is 257 g/mol. The number of likely N-dealkylation sites (tertiary alicyclic amines) is 1. The van der Waals surface area contributed by atoms with Crippen LogP contribution in [0, 0.1) is 23.6 Å². The zero-order valence-corrected chi connectivity index (χ0v) is 11.5. The van der Waals surface area contributed by atoms with Gasteiger partial charge in [0.05, 0.1) is 5.56 Å². The van der Waals surface area contributed by atoms with E-state index in [4.69, 9.17) is 5.11 Å². The van der Waals surface area contributed by atoms with Gasteiger partial charge in [-0.15, -0.1) is 0 Å². The fourth-order valence-corrected chi connectivity index (χ4v) is 2.44. The minimum Gasteiger partial charge on any atom is -0.384 e. The van der Waals surface area contributed by atoms with Crippen molar-refractivity contribution in [3.05, 3.63) is 35.1 Å². The second-order valence-corrected chi connectivity index (χ2v) is 5.15. The summed E-state index contributed by atoms with van der Waals surface area (Å²) >= 11 is 0. The Labute approximate surface area is 118 Å². The first-order valence-corrected chi connectivity index (χ1v) is 6.80. The standard InChI is InChI=1S/C16H18FNO2/c1-12-4-2-8-18(11-12)16(20)14-7-6-13(5-3-9-19)15(17)10-14/h6-7,10,12,19H,2,4,8-9,11H2,1H3. The number of piperidine rings is 1. The summed E-state index contributed by atoms with van der Waals surface area (Å²) in [6.07, 6.45) is 2.13. The number of benzene rings is 1. The number of carbonyl (C=O) groups excluding carboxylic acids is 1. The van der Waals surface area contributed by atoms with Gasteiger partial charge in [-0.2, -0.15) is 0 Å². The van der Waals surface area contributed by atoms with Crippen LogP contribution in [0.2, 0.25) is 0 Å². The van der Waals surface area contributed by atoms with Gasteiger partial charge in [-0.3, -0.25) is 4.79 Å². The molecule has 106 valence electrons. The maximum Gasteiger partial charge on any atom is 0.253 e. The number of amides is 1. The third-order valence-corrected chi connectivity index (χ3v) is 3.46. The molecule has 2 rings (SSSR count). The third kappa shape index (κ3) is 3.37. The van der Waals surface area contributed by atoms with E-state index in [1.54, 1.807) is 11.0 Å². The molecule has 0 radical (unpaired) electrons. The number of nitrogens with zero attached hydrogens (tertiary/aromatic N) is 1. The van der Waals surface area contributed by atoms with Gasteiger partial charge >= 0.3 is 0 Å². The topological polar surface area (TPSA) is 40.5 Å². The first kappa shape index (κ1) is 14.5. The van der Waals surface area contributed by atoms with Crippen molar-refractivity contribution in [1.82, 2.24) is 4.90 Å². The minimum absolute atomic E-state index is 0.128. The molecule has 1 saturated heterocycles. The molecule has 4 heteroatoms. The average molecular weight is 275 g/mol. The molecule has 1 unspecified atom stereocenters. The normalized spacial score (nSPS) is 18.4. The summed E-state index contributed by atoms with van der Waals surface area (Å²) < 4.78 is 13.8. The fraction of sp³-hybridized carbons (Fsp3) is 0.438. The highest BCUT2D eigenvalue weighted by atomic mass is 19.1. The fourth-order valence-electron chi connectivity index (χ4n) is 2.44. The Balaban J connectivity index is 2.16.